The second-order valence-corrected chi connectivity index (χ2v) is 8.46. The molecular weight excluding hydrogens is 410 g/mol. The van der Waals surface area contributed by atoms with Crippen LogP contribution in [0.4, 0.5) is 10.8 Å². The summed E-state index contributed by atoms with van der Waals surface area (Å²) in [7, 11) is -3.79. The molecule has 0 atom stereocenters. The highest BCUT2D eigenvalue weighted by Crippen LogP contribution is 2.22. The molecule has 3 N–H and O–H groups in total. The predicted octanol–water partition coefficient (Wildman–Crippen LogP) is 3.48. The van der Waals surface area contributed by atoms with Crippen molar-refractivity contribution in [1.29, 1.82) is 0 Å². The first-order valence-electron chi connectivity index (χ1n) is 7.63. The lowest BCUT2D eigenvalue weighted by Gasteiger charge is -2.05. The number of sulfonamides is 1. The van der Waals surface area contributed by atoms with Gasteiger partial charge in [0.15, 0.2) is 5.13 Å². The fraction of sp³-hybridized carbons (Fsp3) is 0.0588. The first-order chi connectivity index (χ1) is 12.8. The summed E-state index contributed by atoms with van der Waals surface area (Å²) in [5.41, 5.74) is 0.880. The predicted molar refractivity (Wildman–Crippen MR) is 105 cm³/mol. The van der Waals surface area contributed by atoms with Crippen LogP contribution in [0.3, 0.4) is 0 Å². The highest BCUT2D eigenvalue weighted by Gasteiger charge is 2.17. The smallest absolute Gasteiger partial charge is 0.263 e. The molecule has 0 bridgehead atoms. The molecule has 0 saturated carbocycles. The van der Waals surface area contributed by atoms with Crippen LogP contribution in [0.15, 0.2) is 58.8 Å². The molecule has 0 aliphatic heterocycles. The Hall–Kier alpha value is -2.62. The van der Waals surface area contributed by atoms with Gasteiger partial charge in [-0.05, 0) is 36.4 Å². The molecule has 140 valence electrons. The average Bonchev–Trinajstić information content (AvgIpc) is 3.01. The Morgan fingerprint density at radius 2 is 1.93 bits per heavy atom. The van der Waals surface area contributed by atoms with E-state index in [0.717, 1.165) is 11.3 Å². The van der Waals surface area contributed by atoms with Crippen LogP contribution in [0, 0.1) is 0 Å². The van der Waals surface area contributed by atoms with E-state index in [1.54, 1.807) is 17.5 Å². The topological polar surface area (TPSA) is 108 Å². The standard InChI is InChI=1S/C17H14ClN3O4S2/c18-11-4-6-15(7-5-11)27(24,25)21-17-20-13(10-26-17)9-16(23)19-12-2-1-3-14(22)8-12/h1-8,10,22H,9H2,(H,19,23)(H,20,21). The van der Waals surface area contributed by atoms with Crippen molar-refractivity contribution in [3.05, 3.63) is 64.6 Å². The van der Waals surface area contributed by atoms with Gasteiger partial charge in [0.05, 0.1) is 17.0 Å². The number of amides is 1. The molecule has 3 aromatic rings. The Bertz CT molecular complexity index is 1070. The van der Waals surface area contributed by atoms with E-state index >= 15 is 0 Å². The maximum atomic E-state index is 12.3. The number of nitrogens with one attached hydrogen (secondary N) is 2. The highest BCUT2D eigenvalue weighted by molar-refractivity contribution is 7.93. The fourth-order valence-electron chi connectivity index (χ4n) is 2.18. The number of phenols is 1. The molecule has 1 aromatic heterocycles. The zero-order valence-corrected chi connectivity index (χ0v) is 16.1. The van der Waals surface area contributed by atoms with Crippen molar-refractivity contribution < 1.29 is 18.3 Å². The van der Waals surface area contributed by atoms with E-state index in [4.69, 9.17) is 11.6 Å². The number of phenolic OH excluding ortho intramolecular Hbond substituents is 1. The van der Waals surface area contributed by atoms with Crippen LogP contribution in [0.25, 0.3) is 0 Å². The fourth-order valence-corrected chi connectivity index (χ4v) is 4.27. The second kappa shape index (κ2) is 7.95. The van der Waals surface area contributed by atoms with Crippen molar-refractivity contribution in [2.45, 2.75) is 11.3 Å². The van der Waals surface area contributed by atoms with E-state index < -0.39 is 10.0 Å². The molecule has 3 rings (SSSR count). The lowest BCUT2D eigenvalue weighted by Crippen LogP contribution is -2.15. The van der Waals surface area contributed by atoms with Gasteiger partial charge in [0.25, 0.3) is 10.0 Å². The number of halogens is 1. The van der Waals surface area contributed by atoms with Crippen LogP contribution in [0.2, 0.25) is 5.02 Å². The Labute approximate surface area is 164 Å². The number of benzene rings is 2. The van der Waals surface area contributed by atoms with Gasteiger partial charge in [-0.25, -0.2) is 13.4 Å². The zero-order valence-electron chi connectivity index (χ0n) is 13.7. The largest absolute Gasteiger partial charge is 0.508 e. The maximum Gasteiger partial charge on any atom is 0.263 e. The number of anilines is 2. The summed E-state index contributed by atoms with van der Waals surface area (Å²) >= 11 is 6.84. The van der Waals surface area contributed by atoms with Crippen molar-refractivity contribution in [3.8, 4) is 5.75 Å². The minimum atomic E-state index is -3.79. The first kappa shape index (κ1) is 19.2. The molecule has 2 aromatic carbocycles. The lowest BCUT2D eigenvalue weighted by molar-refractivity contribution is -0.115. The van der Waals surface area contributed by atoms with E-state index in [-0.39, 0.29) is 28.1 Å². The van der Waals surface area contributed by atoms with Gasteiger partial charge in [0.1, 0.15) is 5.75 Å². The number of hydrogen-bond acceptors (Lipinski definition) is 6. The van der Waals surface area contributed by atoms with Crippen LogP contribution >= 0.6 is 22.9 Å². The summed E-state index contributed by atoms with van der Waals surface area (Å²) in [4.78, 5) is 16.3. The second-order valence-electron chi connectivity index (χ2n) is 5.48. The number of hydrogen-bond donors (Lipinski definition) is 3. The molecule has 1 heterocycles. The number of aromatic hydroxyl groups is 1. The summed E-state index contributed by atoms with van der Waals surface area (Å²) in [5, 5.41) is 14.2. The molecule has 1 amide bonds. The molecule has 0 aliphatic carbocycles. The minimum absolute atomic E-state index is 0.0329. The maximum absolute atomic E-state index is 12.3. The molecular formula is C17H14ClN3O4S2. The van der Waals surface area contributed by atoms with E-state index in [9.17, 15) is 18.3 Å². The summed E-state index contributed by atoms with van der Waals surface area (Å²) < 4.78 is 27.0. The van der Waals surface area contributed by atoms with Gasteiger partial charge in [-0.1, -0.05) is 17.7 Å². The Balaban J connectivity index is 1.64. The molecule has 0 saturated heterocycles. The van der Waals surface area contributed by atoms with Gasteiger partial charge in [-0.15, -0.1) is 11.3 Å². The number of nitrogens with zero attached hydrogens (tertiary/aromatic N) is 1. The van der Waals surface area contributed by atoms with Crippen molar-refractivity contribution in [1.82, 2.24) is 4.98 Å². The number of rotatable bonds is 6. The normalized spacial score (nSPS) is 11.1. The van der Waals surface area contributed by atoms with Crippen molar-refractivity contribution in [2.75, 3.05) is 10.0 Å². The molecule has 0 radical (unpaired) electrons. The summed E-state index contributed by atoms with van der Waals surface area (Å²) in [5.74, 6) is -0.293. The van der Waals surface area contributed by atoms with E-state index in [2.05, 4.69) is 15.0 Å². The number of thiazole rings is 1. The van der Waals surface area contributed by atoms with Gasteiger partial charge in [0, 0.05) is 22.2 Å². The van der Waals surface area contributed by atoms with E-state index in [1.165, 1.54) is 36.4 Å². The van der Waals surface area contributed by atoms with Crippen molar-refractivity contribution >= 4 is 49.7 Å². The number of carbonyl (C=O) groups is 1. The van der Waals surface area contributed by atoms with Crippen LogP contribution < -0.4 is 10.0 Å². The molecule has 27 heavy (non-hydrogen) atoms. The van der Waals surface area contributed by atoms with Gasteiger partial charge < -0.3 is 10.4 Å². The third-order valence-electron chi connectivity index (χ3n) is 3.37. The van der Waals surface area contributed by atoms with E-state index in [1.807, 2.05) is 0 Å². The Morgan fingerprint density at radius 3 is 2.63 bits per heavy atom. The van der Waals surface area contributed by atoms with E-state index in [0.29, 0.717) is 16.4 Å². The molecule has 0 fully saturated rings. The zero-order chi connectivity index (χ0) is 19.4. The third-order valence-corrected chi connectivity index (χ3v) is 5.91. The highest BCUT2D eigenvalue weighted by atomic mass is 35.5. The van der Waals surface area contributed by atoms with Crippen LogP contribution in [-0.2, 0) is 21.2 Å². The summed E-state index contributed by atoms with van der Waals surface area (Å²) in [6.45, 7) is 0. The Kier molecular flexibility index (Phi) is 5.64. The molecule has 10 heteroatoms. The number of carbonyl (C=O) groups excluding carboxylic acids is 1. The molecule has 0 spiro atoms. The SMILES string of the molecule is O=C(Cc1csc(NS(=O)(=O)c2ccc(Cl)cc2)n1)Nc1cccc(O)c1. The Morgan fingerprint density at radius 1 is 1.19 bits per heavy atom. The van der Waals surface area contributed by atoms with Gasteiger partial charge >= 0.3 is 0 Å². The summed E-state index contributed by atoms with van der Waals surface area (Å²) in [6.07, 6.45) is -0.0329. The molecule has 0 aliphatic rings. The number of aromatic nitrogens is 1. The van der Waals surface area contributed by atoms with Crippen LogP contribution in [0.5, 0.6) is 5.75 Å². The minimum Gasteiger partial charge on any atom is -0.508 e. The van der Waals surface area contributed by atoms with Crippen molar-refractivity contribution in [3.63, 3.8) is 0 Å². The first-order valence-corrected chi connectivity index (χ1v) is 10.4. The van der Waals surface area contributed by atoms with Gasteiger partial charge in [0.2, 0.25) is 5.91 Å². The van der Waals surface area contributed by atoms with Crippen molar-refractivity contribution in [2.24, 2.45) is 0 Å². The quantitative estimate of drug-likeness (QED) is 0.562. The lowest BCUT2D eigenvalue weighted by atomic mass is 10.2. The monoisotopic (exact) mass is 423 g/mol. The van der Waals surface area contributed by atoms with Crippen LogP contribution in [0.1, 0.15) is 5.69 Å². The third kappa shape index (κ3) is 5.19. The van der Waals surface area contributed by atoms with Gasteiger partial charge in [-0.3, -0.25) is 9.52 Å². The summed E-state index contributed by atoms with van der Waals surface area (Å²) in [6, 6.07) is 11.9. The molecule has 0 unspecified atom stereocenters. The molecule has 7 nitrogen and oxygen atoms in total. The van der Waals surface area contributed by atoms with Gasteiger partial charge in [-0.2, -0.15) is 0 Å². The van der Waals surface area contributed by atoms with Crippen LogP contribution in [-0.4, -0.2) is 24.4 Å². The average molecular weight is 424 g/mol.